The number of rotatable bonds is 5. The van der Waals surface area contributed by atoms with Gasteiger partial charge in [-0.05, 0) is 37.6 Å². The molecule has 1 aliphatic rings. The number of pyridine rings is 1. The van der Waals surface area contributed by atoms with Crippen molar-refractivity contribution in [3.05, 3.63) is 48.8 Å². The fourth-order valence-electron chi connectivity index (χ4n) is 4.24. The van der Waals surface area contributed by atoms with E-state index < -0.39 is 0 Å². The Balaban J connectivity index is 1.40. The molecule has 0 aromatic carbocycles. The van der Waals surface area contributed by atoms with Crippen molar-refractivity contribution in [2.24, 2.45) is 0 Å². The number of nitrogens with two attached hydrogens (primary N) is 1. The zero-order chi connectivity index (χ0) is 22.1. The molecule has 4 aromatic rings. The lowest BCUT2D eigenvalue weighted by Crippen LogP contribution is -2.54. The highest BCUT2D eigenvalue weighted by molar-refractivity contribution is 6.01. The summed E-state index contributed by atoms with van der Waals surface area (Å²) in [5.74, 6) is 1.95. The molecule has 0 spiro atoms. The molecule has 5 heterocycles. The average molecular weight is 431 g/mol. The van der Waals surface area contributed by atoms with Gasteiger partial charge in [0.25, 0.3) is 0 Å². The van der Waals surface area contributed by atoms with Gasteiger partial charge in [0.15, 0.2) is 0 Å². The SMILES string of the molecule is C[C@@H]1CN(c2nccc(CNc3ncnc4[nH]cc(-c5ccnc(N)c5)c34)n2)C[C@H](C)N1. The van der Waals surface area contributed by atoms with Gasteiger partial charge in [0.1, 0.15) is 23.6 Å². The number of fused-ring (bicyclic) bond motifs is 1. The summed E-state index contributed by atoms with van der Waals surface area (Å²) in [5, 5.41) is 7.86. The molecule has 1 fully saturated rings. The van der Waals surface area contributed by atoms with Crippen molar-refractivity contribution < 1.29 is 0 Å². The summed E-state index contributed by atoms with van der Waals surface area (Å²) in [6.07, 6.45) is 6.96. The molecule has 5 N–H and O–H groups in total. The highest BCUT2D eigenvalue weighted by Gasteiger charge is 2.23. The number of H-pyrrole nitrogens is 1. The molecule has 4 aromatic heterocycles. The molecule has 1 aliphatic heterocycles. The number of hydrogen-bond acceptors (Lipinski definition) is 9. The Morgan fingerprint density at radius 3 is 2.72 bits per heavy atom. The molecule has 1 saturated heterocycles. The molecule has 0 unspecified atom stereocenters. The van der Waals surface area contributed by atoms with Crippen molar-refractivity contribution in [3.63, 3.8) is 0 Å². The van der Waals surface area contributed by atoms with Crippen LogP contribution in [0.1, 0.15) is 19.5 Å². The summed E-state index contributed by atoms with van der Waals surface area (Å²) >= 11 is 0. The predicted molar refractivity (Wildman–Crippen MR) is 125 cm³/mol. The van der Waals surface area contributed by atoms with Crippen molar-refractivity contribution in [1.29, 1.82) is 0 Å². The fourth-order valence-corrected chi connectivity index (χ4v) is 4.24. The monoisotopic (exact) mass is 430 g/mol. The van der Waals surface area contributed by atoms with Gasteiger partial charge in [0, 0.05) is 49.3 Å². The fraction of sp³-hybridized carbons (Fsp3) is 0.318. The molecule has 0 saturated carbocycles. The molecular weight excluding hydrogens is 404 g/mol. The second-order valence-electron chi connectivity index (χ2n) is 8.19. The van der Waals surface area contributed by atoms with Crippen LogP contribution >= 0.6 is 0 Å². The largest absolute Gasteiger partial charge is 0.384 e. The lowest BCUT2D eigenvalue weighted by molar-refractivity contribution is 0.403. The van der Waals surface area contributed by atoms with Crippen molar-refractivity contribution in [1.82, 2.24) is 35.2 Å². The number of nitrogens with zero attached hydrogens (tertiary/aromatic N) is 6. The van der Waals surface area contributed by atoms with Crippen LogP contribution in [0.25, 0.3) is 22.2 Å². The van der Waals surface area contributed by atoms with E-state index in [1.807, 2.05) is 30.6 Å². The lowest BCUT2D eigenvalue weighted by atomic mass is 10.1. The third-order valence-corrected chi connectivity index (χ3v) is 5.54. The van der Waals surface area contributed by atoms with E-state index in [0.717, 1.165) is 52.7 Å². The lowest BCUT2D eigenvalue weighted by Gasteiger charge is -2.36. The number of aromatic nitrogens is 6. The van der Waals surface area contributed by atoms with E-state index in [0.29, 0.717) is 24.4 Å². The van der Waals surface area contributed by atoms with E-state index in [9.17, 15) is 0 Å². The van der Waals surface area contributed by atoms with Gasteiger partial charge in [0.2, 0.25) is 5.95 Å². The Morgan fingerprint density at radius 2 is 1.91 bits per heavy atom. The van der Waals surface area contributed by atoms with Gasteiger partial charge in [-0.15, -0.1) is 0 Å². The number of nitrogen functional groups attached to an aromatic ring is 1. The van der Waals surface area contributed by atoms with Gasteiger partial charge >= 0.3 is 0 Å². The Morgan fingerprint density at radius 1 is 1.09 bits per heavy atom. The van der Waals surface area contributed by atoms with E-state index in [-0.39, 0.29) is 0 Å². The summed E-state index contributed by atoms with van der Waals surface area (Å²) in [6.45, 7) is 6.64. The first-order valence-corrected chi connectivity index (χ1v) is 10.7. The predicted octanol–water partition coefficient (Wildman–Crippen LogP) is 2.19. The summed E-state index contributed by atoms with van der Waals surface area (Å²) in [6, 6.07) is 6.47. The molecular formula is C22H26N10. The van der Waals surface area contributed by atoms with Crippen LogP contribution in [0.2, 0.25) is 0 Å². The molecule has 10 heteroatoms. The Labute approximate surface area is 185 Å². The zero-order valence-electron chi connectivity index (χ0n) is 18.1. The van der Waals surface area contributed by atoms with E-state index in [1.54, 1.807) is 12.5 Å². The number of piperazine rings is 1. The van der Waals surface area contributed by atoms with Crippen LogP contribution in [0.15, 0.2) is 43.1 Å². The maximum Gasteiger partial charge on any atom is 0.225 e. The molecule has 0 bridgehead atoms. The highest BCUT2D eigenvalue weighted by Crippen LogP contribution is 2.32. The molecule has 0 aliphatic carbocycles. The first kappa shape index (κ1) is 20.1. The summed E-state index contributed by atoms with van der Waals surface area (Å²) in [4.78, 5) is 27.7. The van der Waals surface area contributed by atoms with Crippen molar-refractivity contribution in [3.8, 4) is 11.1 Å². The summed E-state index contributed by atoms with van der Waals surface area (Å²) in [5.41, 5.74) is 9.44. The zero-order valence-corrected chi connectivity index (χ0v) is 18.1. The van der Waals surface area contributed by atoms with Crippen molar-refractivity contribution >= 4 is 28.6 Å². The standard InChI is InChI=1S/C22H26N10/c1-13-10-32(11-14(2)30-13)22-25-6-4-16(31-22)8-26-20-19-17(9-27-21(19)29-12-28-20)15-3-5-24-18(23)7-15/h3-7,9,12-14,30H,8,10-11H2,1-2H3,(H2,23,24)(H2,26,27,28,29)/t13-,14+. The topological polar surface area (TPSA) is 134 Å². The maximum atomic E-state index is 5.88. The first-order chi connectivity index (χ1) is 15.6. The number of hydrogen-bond donors (Lipinski definition) is 4. The van der Waals surface area contributed by atoms with Crippen LogP contribution in [0.5, 0.6) is 0 Å². The minimum atomic E-state index is 0.396. The Kier molecular flexibility index (Phi) is 5.28. The van der Waals surface area contributed by atoms with Crippen molar-refractivity contribution in [2.75, 3.05) is 29.0 Å². The normalized spacial score (nSPS) is 18.8. The third kappa shape index (κ3) is 4.04. The maximum absolute atomic E-state index is 5.88. The van der Waals surface area contributed by atoms with Crippen LogP contribution in [-0.4, -0.2) is 55.1 Å². The van der Waals surface area contributed by atoms with Crippen LogP contribution < -0.4 is 21.3 Å². The number of anilines is 3. The molecule has 0 amide bonds. The molecule has 0 radical (unpaired) electrons. The van der Waals surface area contributed by atoms with Gasteiger partial charge in [0.05, 0.1) is 17.6 Å². The Hall–Kier alpha value is -3.79. The summed E-state index contributed by atoms with van der Waals surface area (Å²) < 4.78 is 0. The molecule has 5 rings (SSSR count). The van der Waals surface area contributed by atoms with Gasteiger partial charge in [-0.2, -0.15) is 0 Å². The van der Waals surface area contributed by atoms with Gasteiger partial charge in [-0.25, -0.2) is 24.9 Å². The Bertz CT molecular complexity index is 1230. The minimum absolute atomic E-state index is 0.396. The van der Waals surface area contributed by atoms with Gasteiger partial charge in [-0.1, -0.05) is 0 Å². The number of nitrogens with one attached hydrogen (secondary N) is 3. The van der Waals surface area contributed by atoms with E-state index in [1.165, 1.54) is 0 Å². The minimum Gasteiger partial charge on any atom is -0.384 e. The highest BCUT2D eigenvalue weighted by atomic mass is 15.3. The number of aromatic amines is 1. The molecule has 10 nitrogen and oxygen atoms in total. The van der Waals surface area contributed by atoms with E-state index >= 15 is 0 Å². The second kappa shape index (κ2) is 8.39. The van der Waals surface area contributed by atoms with E-state index in [4.69, 9.17) is 10.7 Å². The van der Waals surface area contributed by atoms with Crippen LogP contribution in [-0.2, 0) is 6.54 Å². The van der Waals surface area contributed by atoms with Gasteiger partial charge in [-0.3, -0.25) is 0 Å². The van der Waals surface area contributed by atoms with Gasteiger partial charge < -0.3 is 26.3 Å². The molecule has 32 heavy (non-hydrogen) atoms. The van der Waals surface area contributed by atoms with Crippen LogP contribution in [0, 0.1) is 0 Å². The third-order valence-electron chi connectivity index (χ3n) is 5.54. The first-order valence-electron chi connectivity index (χ1n) is 10.7. The van der Waals surface area contributed by atoms with E-state index in [2.05, 4.69) is 54.3 Å². The van der Waals surface area contributed by atoms with Crippen molar-refractivity contribution in [2.45, 2.75) is 32.5 Å². The van der Waals surface area contributed by atoms with Crippen LogP contribution in [0.3, 0.4) is 0 Å². The second-order valence-corrected chi connectivity index (χ2v) is 8.19. The molecule has 164 valence electrons. The summed E-state index contributed by atoms with van der Waals surface area (Å²) in [7, 11) is 0. The smallest absolute Gasteiger partial charge is 0.225 e. The average Bonchev–Trinajstić information content (AvgIpc) is 3.22. The van der Waals surface area contributed by atoms with Crippen LogP contribution in [0.4, 0.5) is 17.6 Å². The quantitative estimate of drug-likeness (QED) is 0.376. The molecule has 2 atom stereocenters.